The average Bonchev–Trinajstić information content (AvgIpc) is 2.44. The predicted octanol–water partition coefficient (Wildman–Crippen LogP) is 4.49. The second-order valence-electron chi connectivity index (χ2n) is 4.33. The Bertz CT molecular complexity index is 539. The molecule has 0 heterocycles. The van der Waals surface area contributed by atoms with Crippen LogP contribution in [-0.4, -0.2) is 13.9 Å². The maximum atomic E-state index is 13.7. The molecule has 0 radical (unpaired) electrons. The fourth-order valence-corrected chi connectivity index (χ4v) is 1.42. The molecule has 8 heteroatoms. The van der Waals surface area contributed by atoms with Crippen molar-refractivity contribution in [3.8, 4) is 5.75 Å². The summed E-state index contributed by atoms with van der Waals surface area (Å²) < 4.78 is 90.2. The van der Waals surface area contributed by atoms with Crippen molar-refractivity contribution in [3.05, 3.63) is 34.7 Å². The van der Waals surface area contributed by atoms with Gasteiger partial charge in [0.2, 0.25) is 11.6 Å². The van der Waals surface area contributed by atoms with Gasteiger partial charge in [0, 0.05) is 13.0 Å². The molecule has 1 rings (SSSR count). The smallest absolute Gasteiger partial charge is 0.204 e. The lowest BCUT2D eigenvalue weighted by atomic mass is 10.1. The van der Waals surface area contributed by atoms with E-state index in [0.29, 0.717) is 0 Å². The maximum absolute atomic E-state index is 13.7. The summed E-state index contributed by atoms with van der Waals surface area (Å²) in [6.45, 7) is 1.71. The highest BCUT2D eigenvalue weighted by atomic mass is 19.2. The fourth-order valence-electron chi connectivity index (χ4n) is 1.42. The summed E-state index contributed by atoms with van der Waals surface area (Å²) in [6, 6.07) is 0. The molecular formula is C13H12F6O2. The lowest BCUT2D eigenvalue weighted by molar-refractivity contribution is 0.0440. The summed E-state index contributed by atoms with van der Waals surface area (Å²) in [5, 5.41) is 0. The average molecular weight is 314 g/mol. The molecule has 0 fully saturated rings. The van der Waals surface area contributed by atoms with Crippen LogP contribution in [0.25, 0.3) is 5.83 Å². The molecule has 118 valence electrons. The number of ether oxygens (including phenoxy) is 2. The van der Waals surface area contributed by atoms with E-state index in [2.05, 4.69) is 9.47 Å². The van der Waals surface area contributed by atoms with Crippen LogP contribution >= 0.6 is 0 Å². The van der Waals surface area contributed by atoms with Crippen LogP contribution in [0.15, 0.2) is 5.83 Å². The van der Waals surface area contributed by atoms with Gasteiger partial charge in [-0.05, 0) is 0 Å². The first-order valence-corrected chi connectivity index (χ1v) is 5.77. The van der Waals surface area contributed by atoms with Gasteiger partial charge in [0.1, 0.15) is 5.83 Å². The van der Waals surface area contributed by atoms with Gasteiger partial charge < -0.3 is 9.47 Å². The molecule has 0 amide bonds. The summed E-state index contributed by atoms with van der Waals surface area (Å²) in [7, 11) is 1.11. The van der Waals surface area contributed by atoms with E-state index in [-0.39, 0.29) is 0 Å². The third-order valence-electron chi connectivity index (χ3n) is 2.48. The molecule has 0 bridgehead atoms. The van der Waals surface area contributed by atoms with E-state index in [1.807, 2.05) is 0 Å². The van der Waals surface area contributed by atoms with Crippen molar-refractivity contribution in [1.29, 1.82) is 0 Å². The summed E-state index contributed by atoms with van der Waals surface area (Å²) in [5.74, 6) is -14.1. The van der Waals surface area contributed by atoms with Crippen molar-refractivity contribution >= 4 is 5.83 Å². The van der Waals surface area contributed by atoms with Gasteiger partial charge in [-0.2, -0.15) is 8.78 Å². The SMILES string of the molecule is COCOc1c(F)c(F)c(C(F)=C(F)C(C)C)c(F)c1F. The maximum Gasteiger partial charge on any atom is 0.204 e. The first-order valence-electron chi connectivity index (χ1n) is 5.77. The third-order valence-corrected chi connectivity index (χ3v) is 2.48. The Morgan fingerprint density at radius 1 is 0.952 bits per heavy atom. The van der Waals surface area contributed by atoms with Crippen LogP contribution in [0.1, 0.15) is 19.4 Å². The standard InChI is InChI=1S/C13H12F6O2/c1-5(2)7(14)8(15)6-9(16)11(18)13(21-4-20-3)12(19)10(6)17/h5H,4H2,1-3H3. The Balaban J connectivity index is 3.55. The highest BCUT2D eigenvalue weighted by molar-refractivity contribution is 5.63. The molecule has 0 unspecified atom stereocenters. The summed E-state index contributed by atoms with van der Waals surface area (Å²) in [6.07, 6.45) is 0. The van der Waals surface area contributed by atoms with Crippen LogP contribution in [0.2, 0.25) is 0 Å². The van der Waals surface area contributed by atoms with Crippen molar-refractivity contribution in [2.24, 2.45) is 5.92 Å². The van der Waals surface area contributed by atoms with Crippen LogP contribution in [0, 0.1) is 29.2 Å². The van der Waals surface area contributed by atoms with E-state index in [1.54, 1.807) is 0 Å². The van der Waals surface area contributed by atoms with Crippen molar-refractivity contribution in [1.82, 2.24) is 0 Å². The van der Waals surface area contributed by atoms with Gasteiger partial charge in [0.25, 0.3) is 0 Å². The fraction of sp³-hybridized carbons (Fsp3) is 0.385. The molecule has 21 heavy (non-hydrogen) atoms. The zero-order valence-electron chi connectivity index (χ0n) is 11.4. The largest absolute Gasteiger partial charge is 0.461 e. The number of hydrogen-bond donors (Lipinski definition) is 0. The first-order chi connectivity index (χ1) is 9.73. The van der Waals surface area contributed by atoms with Gasteiger partial charge in [-0.15, -0.1) is 0 Å². The van der Waals surface area contributed by atoms with Gasteiger partial charge in [-0.25, -0.2) is 17.6 Å². The Hall–Kier alpha value is -1.70. The summed E-state index contributed by atoms with van der Waals surface area (Å²) in [4.78, 5) is 0. The summed E-state index contributed by atoms with van der Waals surface area (Å²) >= 11 is 0. The molecule has 0 spiro atoms. The molecular weight excluding hydrogens is 302 g/mol. The molecule has 1 aromatic carbocycles. The normalized spacial score (nSPS) is 12.7. The van der Waals surface area contributed by atoms with Crippen LogP contribution in [0.4, 0.5) is 26.3 Å². The lowest BCUT2D eigenvalue weighted by Gasteiger charge is -2.12. The van der Waals surface area contributed by atoms with E-state index < -0.39 is 58.9 Å². The molecule has 0 saturated heterocycles. The van der Waals surface area contributed by atoms with Crippen molar-refractivity contribution in [2.45, 2.75) is 13.8 Å². The number of rotatable bonds is 5. The predicted molar refractivity (Wildman–Crippen MR) is 62.8 cm³/mol. The van der Waals surface area contributed by atoms with Crippen LogP contribution in [-0.2, 0) is 4.74 Å². The van der Waals surface area contributed by atoms with Crippen molar-refractivity contribution in [2.75, 3.05) is 13.9 Å². The van der Waals surface area contributed by atoms with E-state index in [1.165, 1.54) is 13.8 Å². The van der Waals surface area contributed by atoms with Crippen LogP contribution in [0.5, 0.6) is 5.75 Å². The zero-order valence-corrected chi connectivity index (χ0v) is 11.4. The molecule has 0 aliphatic carbocycles. The number of halogens is 6. The Morgan fingerprint density at radius 3 is 1.81 bits per heavy atom. The van der Waals surface area contributed by atoms with E-state index in [9.17, 15) is 26.3 Å². The number of allylic oxidation sites excluding steroid dienone is 1. The van der Waals surface area contributed by atoms with Gasteiger partial charge in [-0.3, -0.25) is 0 Å². The minimum absolute atomic E-state index is 0.690. The molecule has 0 saturated carbocycles. The first kappa shape index (κ1) is 17.4. The van der Waals surface area contributed by atoms with Crippen molar-refractivity contribution in [3.63, 3.8) is 0 Å². The molecule has 0 aromatic heterocycles. The van der Waals surface area contributed by atoms with Crippen molar-refractivity contribution < 1.29 is 35.8 Å². The Labute approximate surface area is 117 Å². The third kappa shape index (κ3) is 3.31. The second-order valence-corrected chi connectivity index (χ2v) is 4.33. The molecule has 0 N–H and O–H groups in total. The van der Waals surface area contributed by atoms with E-state index >= 15 is 0 Å². The van der Waals surface area contributed by atoms with Gasteiger partial charge in [0.05, 0.1) is 5.56 Å². The minimum Gasteiger partial charge on any atom is -0.461 e. The molecule has 0 atom stereocenters. The zero-order chi connectivity index (χ0) is 16.3. The van der Waals surface area contributed by atoms with E-state index in [0.717, 1.165) is 7.11 Å². The molecule has 2 nitrogen and oxygen atoms in total. The van der Waals surface area contributed by atoms with Gasteiger partial charge in [-0.1, -0.05) is 13.8 Å². The lowest BCUT2D eigenvalue weighted by Crippen LogP contribution is -2.09. The summed E-state index contributed by atoms with van der Waals surface area (Å²) in [5.41, 5.74) is -1.75. The Morgan fingerprint density at radius 2 is 1.43 bits per heavy atom. The number of hydrogen-bond acceptors (Lipinski definition) is 2. The number of methoxy groups -OCH3 is 1. The molecule has 0 aliphatic rings. The number of benzene rings is 1. The van der Waals surface area contributed by atoms with Crippen LogP contribution in [0.3, 0.4) is 0 Å². The van der Waals surface area contributed by atoms with Crippen LogP contribution < -0.4 is 4.74 Å². The Kier molecular flexibility index (Phi) is 5.65. The topological polar surface area (TPSA) is 18.5 Å². The van der Waals surface area contributed by atoms with Gasteiger partial charge in [0.15, 0.2) is 30.0 Å². The quantitative estimate of drug-likeness (QED) is 0.453. The molecule has 1 aromatic rings. The highest BCUT2D eigenvalue weighted by Gasteiger charge is 2.30. The second kappa shape index (κ2) is 6.84. The van der Waals surface area contributed by atoms with E-state index in [4.69, 9.17) is 0 Å². The highest BCUT2D eigenvalue weighted by Crippen LogP contribution is 2.36. The molecule has 0 aliphatic heterocycles. The monoisotopic (exact) mass is 314 g/mol. The van der Waals surface area contributed by atoms with Gasteiger partial charge >= 0.3 is 0 Å². The minimum atomic E-state index is -2.09.